The Labute approximate surface area is 159 Å². The van der Waals surface area contributed by atoms with E-state index >= 15 is 0 Å². The summed E-state index contributed by atoms with van der Waals surface area (Å²) >= 11 is 0. The first-order chi connectivity index (χ1) is 13.0. The van der Waals surface area contributed by atoms with Crippen LogP contribution in [0.2, 0.25) is 0 Å². The van der Waals surface area contributed by atoms with Crippen molar-refractivity contribution in [1.29, 1.82) is 0 Å². The lowest BCUT2D eigenvalue weighted by Crippen LogP contribution is -2.58. The molecule has 0 aromatic heterocycles. The summed E-state index contributed by atoms with van der Waals surface area (Å²) in [4.78, 5) is 34.6. The molecule has 0 amide bonds. The number of hydrogen-bond acceptors (Lipinski definition) is 9. The highest BCUT2D eigenvalue weighted by Gasteiger charge is 2.52. The molecular weight excluding hydrogens is 376 g/mol. The van der Waals surface area contributed by atoms with E-state index in [-0.39, 0.29) is 11.5 Å². The van der Waals surface area contributed by atoms with E-state index < -0.39 is 54.7 Å². The second-order valence-corrected chi connectivity index (χ2v) is 6.44. The van der Waals surface area contributed by atoms with Crippen LogP contribution in [0.25, 0.3) is 6.08 Å². The molecule has 28 heavy (non-hydrogen) atoms. The van der Waals surface area contributed by atoms with Gasteiger partial charge in [0, 0.05) is 25.8 Å². The van der Waals surface area contributed by atoms with E-state index in [1.165, 1.54) is 24.3 Å². The van der Waals surface area contributed by atoms with Gasteiger partial charge in [-0.15, -0.1) is 0 Å². The van der Waals surface area contributed by atoms with Crippen LogP contribution in [0.5, 0.6) is 11.5 Å². The number of rotatable bonds is 5. The van der Waals surface area contributed by atoms with E-state index in [0.717, 1.165) is 13.0 Å². The second kappa shape index (κ2) is 8.28. The predicted molar refractivity (Wildman–Crippen MR) is 92.1 cm³/mol. The molecular formula is C18H20O10. The number of aliphatic hydroxyl groups excluding tert-OH is 1. The number of aliphatic hydroxyl groups is 2. The second-order valence-electron chi connectivity index (χ2n) is 6.44. The van der Waals surface area contributed by atoms with Gasteiger partial charge in [-0.1, -0.05) is 6.07 Å². The van der Waals surface area contributed by atoms with Crippen molar-refractivity contribution in [3.63, 3.8) is 0 Å². The van der Waals surface area contributed by atoms with Crippen molar-refractivity contribution in [3.05, 3.63) is 29.8 Å². The third-order valence-electron chi connectivity index (χ3n) is 4.21. The number of phenolic OH excluding ortho intramolecular Hbond substituents is 2. The summed E-state index contributed by atoms with van der Waals surface area (Å²) in [6.45, 7) is 1.05. The van der Waals surface area contributed by atoms with Gasteiger partial charge in [-0.3, -0.25) is 4.79 Å². The first-order valence-electron chi connectivity index (χ1n) is 8.23. The number of esters is 2. The largest absolute Gasteiger partial charge is 0.504 e. The summed E-state index contributed by atoms with van der Waals surface area (Å²) in [7, 11) is 0. The number of hydrogen-bond donors (Lipinski definition) is 5. The molecule has 1 fully saturated rings. The number of aliphatic carboxylic acids is 1. The van der Waals surface area contributed by atoms with Crippen LogP contribution in [0.1, 0.15) is 25.3 Å². The number of benzene rings is 1. The fourth-order valence-electron chi connectivity index (χ4n) is 2.87. The van der Waals surface area contributed by atoms with E-state index in [4.69, 9.17) is 14.6 Å². The Morgan fingerprint density at radius 2 is 1.82 bits per heavy atom. The number of aromatic hydroxyl groups is 2. The van der Waals surface area contributed by atoms with Gasteiger partial charge in [0.25, 0.3) is 0 Å². The molecule has 1 aromatic carbocycles. The molecule has 10 heteroatoms. The maximum Gasteiger partial charge on any atom is 0.335 e. The van der Waals surface area contributed by atoms with E-state index in [9.17, 15) is 34.8 Å². The Kier molecular flexibility index (Phi) is 6.26. The van der Waals surface area contributed by atoms with E-state index in [1.54, 1.807) is 0 Å². The molecule has 2 rings (SSSR count). The lowest BCUT2D eigenvalue weighted by Gasteiger charge is -2.40. The number of carboxylic acids is 1. The SMILES string of the molecule is CC(=O)O[C@@H]1C[C@@](O)(C(=O)O)C[C@@H](O)[C@@H]1OC(=O)/C=C/c1ccc(O)c(O)c1. The molecule has 0 spiro atoms. The minimum atomic E-state index is -2.33. The van der Waals surface area contributed by atoms with Crippen molar-refractivity contribution in [2.24, 2.45) is 0 Å². The van der Waals surface area contributed by atoms with Gasteiger partial charge in [0.15, 0.2) is 23.2 Å². The maximum absolute atomic E-state index is 12.1. The Hall–Kier alpha value is -3.11. The van der Waals surface area contributed by atoms with Gasteiger partial charge in [-0.2, -0.15) is 0 Å². The van der Waals surface area contributed by atoms with Crippen LogP contribution >= 0.6 is 0 Å². The average molecular weight is 396 g/mol. The van der Waals surface area contributed by atoms with E-state index in [0.29, 0.717) is 5.56 Å². The normalized spacial score (nSPS) is 27.3. The van der Waals surface area contributed by atoms with Crippen LogP contribution in [0.3, 0.4) is 0 Å². The lowest BCUT2D eigenvalue weighted by atomic mass is 9.79. The minimum Gasteiger partial charge on any atom is -0.504 e. The number of carboxylic acid groups (broad SMARTS) is 1. The van der Waals surface area contributed by atoms with Crippen molar-refractivity contribution < 1.29 is 49.4 Å². The van der Waals surface area contributed by atoms with E-state index in [2.05, 4.69) is 0 Å². The maximum atomic E-state index is 12.1. The van der Waals surface area contributed by atoms with Crippen molar-refractivity contribution in [2.45, 2.75) is 43.7 Å². The third kappa shape index (κ3) is 4.99. The molecule has 0 heterocycles. The van der Waals surface area contributed by atoms with Gasteiger partial charge in [-0.05, 0) is 23.8 Å². The lowest BCUT2D eigenvalue weighted by molar-refractivity contribution is -0.205. The molecule has 152 valence electrons. The van der Waals surface area contributed by atoms with Crippen molar-refractivity contribution >= 4 is 24.0 Å². The van der Waals surface area contributed by atoms with Crippen molar-refractivity contribution in [1.82, 2.24) is 0 Å². The molecule has 0 aliphatic heterocycles. The fraction of sp³-hybridized carbons (Fsp3) is 0.389. The zero-order chi connectivity index (χ0) is 21.1. The van der Waals surface area contributed by atoms with Crippen molar-refractivity contribution in [2.75, 3.05) is 0 Å². The molecule has 1 aliphatic rings. The minimum absolute atomic E-state index is 0.333. The highest BCUT2D eigenvalue weighted by atomic mass is 16.6. The predicted octanol–water partition coefficient (Wildman–Crippen LogP) is -0.0751. The molecule has 0 saturated heterocycles. The van der Waals surface area contributed by atoms with Crippen LogP contribution in [0.15, 0.2) is 24.3 Å². The summed E-state index contributed by atoms with van der Waals surface area (Å²) in [5.74, 6) is -4.06. The molecule has 5 N–H and O–H groups in total. The smallest absolute Gasteiger partial charge is 0.335 e. The molecule has 1 aliphatic carbocycles. The Balaban J connectivity index is 2.13. The van der Waals surface area contributed by atoms with Gasteiger partial charge < -0.3 is 35.0 Å². The number of ether oxygens (including phenoxy) is 2. The molecule has 1 aromatic rings. The zero-order valence-electron chi connectivity index (χ0n) is 14.8. The molecule has 0 radical (unpaired) electrons. The quantitative estimate of drug-likeness (QED) is 0.258. The van der Waals surface area contributed by atoms with Gasteiger partial charge in [0.05, 0.1) is 6.10 Å². The van der Waals surface area contributed by atoms with Gasteiger partial charge >= 0.3 is 17.9 Å². The number of carbonyl (C=O) groups is 3. The Morgan fingerprint density at radius 1 is 1.14 bits per heavy atom. The van der Waals surface area contributed by atoms with Gasteiger partial charge in [0.1, 0.15) is 6.10 Å². The summed E-state index contributed by atoms with van der Waals surface area (Å²) in [5, 5.41) is 48.1. The zero-order valence-corrected chi connectivity index (χ0v) is 14.8. The summed E-state index contributed by atoms with van der Waals surface area (Å²) in [6, 6.07) is 3.83. The van der Waals surface area contributed by atoms with Crippen LogP contribution in [-0.4, -0.2) is 67.4 Å². The monoisotopic (exact) mass is 396 g/mol. The highest BCUT2D eigenvalue weighted by molar-refractivity contribution is 5.87. The molecule has 10 nitrogen and oxygen atoms in total. The van der Waals surface area contributed by atoms with Crippen molar-refractivity contribution in [3.8, 4) is 11.5 Å². The van der Waals surface area contributed by atoms with Gasteiger partial charge in [-0.25, -0.2) is 9.59 Å². The van der Waals surface area contributed by atoms with Crippen LogP contribution < -0.4 is 0 Å². The summed E-state index contributed by atoms with van der Waals surface area (Å²) in [6.07, 6.45) is -3.27. The van der Waals surface area contributed by atoms with Crippen LogP contribution in [0.4, 0.5) is 0 Å². The first kappa shape index (κ1) is 21.2. The number of carbonyl (C=O) groups excluding carboxylic acids is 2. The standard InChI is InChI=1S/C18H20O10/c1-9(19)27-14-8-18(26,17(24)25)7-13(22)16(14)28-15(23)5-3-10-2-4-11(20)12(21)6-10/h2-6,13-14,16,20-22,26H,7-8H2,1H3,(H,24,25)/b5-3+/t13-,14-,16+,18-/m1/s1. The Morgan fingerprint density at radius 3 is 2.39 bits per heavy atom. The third-order valence-corrected chi connectivity index (χ3v) is 4.21. The van der Waals surface area contributed by atoms with E-state index in [1.807, 2.05) is 0 Å². The first-order valence-corrected chi connectivity index (χ1v) is 8.23. The van der Waals surface area contributed by atoms with Crippen LogP contribution in [0, 0.1) is 0 Å². The average Bonchev–Trinajstić information content (AvgIpc) is 2.58. The summed E-state index contributed by atoms with van der Waals surface area (Å²) < 4.78 is 10.0. The van der Waals surface area contributed by atoms with Gasteiger partial charge in [0.2, 0.25) is 0 Å². The molecule has 0 unspecified atom stereocenters. The molecule has 0 bridgehead atoms. The fourth-order valence-corrected chi connectivity index (χ4v) is 2.87. The number of phenols is 2. The summed E-state index contributed by atoms with van der Waals surface area (Å²) in [5.41, 5.74) is -1.96. The molecule has 4 atom stereocenters. The molecule has 1 saturated carbocycles. The van der Waals surface area contributed by atoms with Crippen LogP contribution in [-0.2, 0) is 23.9 Å². The Bertz CT molecular complexity index is 802. The topological polar surface area (TPSA) is 171 Å². The highest BCUT2D eigenvalue weighted by Crippen LogP contribution is 2.33.